The lowest BCUT2D eigenvalue weighted by Gasteiger charge is -2.12. The highest BCUT2D eigenvalue weighted by molar-refractivity contribution is 5.77. The molecule has 0 rings (SSSR count). The normalized spacial score (nSPS) is 13.1. The number of hydrogen-bond acceptors (Lipinski definition) is 1. The number of allylic oxidation sites excluding steroid dienone is 1. The van der Waals surface area contributed by atoms with Gasteiger partial charge in [-0.3, -0.25) is 4.79 Å². The summed E-state index contributed by atoms with van der Waals surface area (Å²) >= 11 is 0. The Morgan fingerprint density at radius 3 is 2.79 bits per heavy atom. The summed E-state index contributed by atoms with van der Waals surface area (Å²) < 4.78 is 0. The standard InChI is InChI=1S/C12H22NO/c1-4-6-8-9-11(3)13-12(14)10-7-5-2/h5,7,11H,2,4,6,8-10H2,1,3H3,(H,13,14)/b7-5+. The van der Waals surface area contributed by atoms with Crippen LogP contribution < -0.4 is 5.32 Å². The van der Waals surface area contributed by atoms with Crippen molar-refractivity contribution in [2.45, 2.75) is 52.0 Å². The molecule has 14 heavy (non-hydrogen) atoms. The van der Waals surface area contributed by atoms with Crippen molar-refractivity contribution >= 4 is 5.91 Å². The molecule has 1 amide bonds. The number of amides is 1. The molecule has 0 bridgehead atoms. The lowest BCUT2D eigenvalue weighted by atomic mass is 10.1. The summed E-state index contributed by atoms with van der Waals surface area (Å²) in [5, 5.41) is 2.96. The monoisotopic (exact) mass is 196 g/mol. The summed E-state index contributed by atoms with van der Waals surface area (Å²) in [6.07, 6.45) is 8.62. The van der Waals surface area contributed by atoms with Crippen molar-refractivity contribution in [3.63, 3.8) is 0 Å². The third-order valence-electron chi connectivity index (χ3n) is 2.12. The van der Waals surface area contributed by atoms with Crippen molar-refractivity contribution in [3.8, 4) is 0 Å². The van der Waals surface area contributed by atoms with Crippen molar-refractivity contribution < 1.29 is 4.79 Å². The van der Waals surface area contributed by atoms with E-state index in [-0.39, 0.29) is 5.91 Å². The Labute approximate surface area is 87.8 Å². The zero-order valence-corrected chi connectivity index (χ0v) is 9.38. The van der Waals surface area contributed by atoms with Gasteiger partial charge in [0.2, 0.25) is 5.91 Å². The number of unbranched alkanes of at least 4 members (excludes halogenated alkanes) is 2. The van der Waals surface area contributed by atoms with Gasteiger partial charge in [-0.1, -0.05) is 38.3 Å². The first-order valence-corrected chi connectivity index (χ1v) is 5.44. The minimum Gasteiger partial charge on any atom is -0.353 e. The van der Waals surface area contributed by atoms with Crippen molar-refractivity contribution in [2.75, 3.05) is 0 Å². The third kappa shape index (κ3) is 7.84. The van der Waals surface area contributed by atoms with Crippen LogP contribution in [0, 0.1) is 6.92 Å². The number of rotatable bonds is 7. The molecule has 0 aromatic heterocycles. The molecule has 1 N–H and O–H groups in total. The number of nitrogens with one attached hydrogen (secondary N) is 1. The van der Waals surface area contributed by atoms with Gasteiger partial charge in [-0.15, -0.1) is 0 Å². The SMILES string of the molecule is [CH2]/C=C/CC(=O)NC(C)CCCCC. The van der Waals surface area contributed by atoms with Crippen LogP contribution in [0.25, 0.3) is 0 Å². The third-order valence-corrected chi connectivity index (χ3v) is 2.12. The maximum atomic E-state index is 11.3. The first-order valence-electron chi connectivity index (χ1n) is 5.44. The average molecular weight is 196 g/mol. The van der Waals surface area contributed by atoms with E-state index in [1.807, 2.05) is 0 Å². The van der Waals surface area contributed by atoms with E-state index in [0.717, 1.165) is 6.42 Å². The van der Waals surface area contributed by atoms with E-state index in [0.29, 0.717) is 12.5 Å². The maximum Gasteiger partial charge on any atom is 0.224 e. The van der Waals surface area contributed by atoms with Crippen molar-refractivity contribution in [2.24, 2.45) is 0 Å². The molecule has 0 aromatic carbocycles. The molecule has 0 fully saturated rings. The molecule has 0 aliphatic heterocycles. The zero-order valence-electron chi connectivity index (χ0n) is 9.38. The van der Waals surface area contributed by atoms with Gasteiger partial charge in [0.05, 0.1) is 0 Å². The minimum atomic E-state index is 0.0916. The molecule has 0 aromatic rings. The van der Waals surface area contributed by atoms with Gasteiger partial charge in [0.15, 0.2) is 0 Å². The summed E-state index contributed by atoms with van der Waals surface area (Å²) in [6, 6.07) is 0.298. The Morgan fingerprint density at radius 2 is 2.21 bits per heavy atom. The molecule has 0 saturated carbocycles. The van der Waals surface area contributed by atoms with Crippen LogP contribution in [0.5, 0.6) is 0 Å². The maximum absolute atomic E-state index is 11.3. The Balaban J connectivity index is 3.49. The fraction of sp³-hybridized carbons (Fsp3) is 0.667. The molecule has 1 unspecified atom stereocenters. The molecule has 1 radical (unpaired) electrons. The van der Waals surface area contributed by atoms with Gasteiger partial charge in [-0.05, 0) is 20.3 Å². The number of hydrogen-bond donors (Lipinski definition) is 1. The summed E-state index contributed by atoms with van der Waals surface area (Å²) in [6.45, 7) is 7.78. The highest BCUT2D eigenvalue weighted by atomic mass is 16.1. The van der Waals surface area contributed by atoms with Crippen LogP contribution in [0.1, 0.15) is 46.0 Å². The van der Waals surface area contributed by atoms with E-state index in [9.17, 15) is 4.79 Å². The molecule has 0 heterocycles. The molecular weight excluding hydrogens is 174 g/mol. The van der Waals surface area contributed by atoms with E-state index in [1.165, 1.54) is 19.3 Å². The Hall–Kier alpha value is -0.790. The lowest BCUT2D eigenvalue weighted by Crippen LogP contribution is -2.31. The number of carbonyl (C=O) groups excluding carboxylic acids is 1. The molecule has 1 atom stereocenters. The van der Waals surface area contributed by atoms with Crippen LogP contribution in [0.2, 0.25) is 0 Å². The van der Waals surface area contributed by atoms with Crippen LogP contribution >= 0.6 is 0 Å². The van der Waals surface area contributed by atoms with Gasteiger partial charge < -0.3 is 5.32 Å². The fourth-order valence-electron chi connectivity index (χ4n) is 1.30. The molecule has 0 aliphatic carbocycles. The van der Waals surface area contributed by atoms with Crippen LogP contribution in [-0.2, 0) is 4.79 Å². The summed E-state index contributed by atoms with van der Waals surface area (Å²) in [4.78, 5) is 11.3. The highest BCUT2D eigenvalue weighted by Gasteiger charge is 2.04. The molecule has 0 aliphatic rings. The Morgan fingerprint density at radius 1 is 1.50 bits per heavy atom. The first kappa shape index (κ1) is 13.2. The van der Waals surface area contributed by atoms with Crippen molar-refractivity contribution in [3.05, 3.63) is 19.1 Å². The van der Waals surface area contributed by atoms with E-state index >= 15 is 0 Å². The predicted molar refractivity (Wildman–Crippen MR) is 60.9 cm³/mol. The summed E-state index contributed by atoms with van der Waals surface area (Å²) in [5.74, 6) is 0.0916. The molecular formula is C12H22NO. The highest BCUT2D eigenvalue weighted by Crippen LogP contribution is 2.02. The largest absolute Gasteiger partial charge is 0.353 e. The van der Waals surface area contributed by atoms with E-state index in [2.05, 4.69) is 26.1 Å². The summed E-state index contributed by atoms with van der Waals surface area (Å²) in [7, 11) is 0. The second-order valence-corrected chi connectivity index (χ2v) is 3.64. The van der Waals surface area contributed by atoms with Gasteiger partial charge in [0, 0.05) is 12.5 Å². The second kappa shape index (κ2) is 8.79. The average Bonchev–Trinajstić information content (AvgIpc) is 2.15. The quantitative estimate of drug-likeness (QED) is 0.623. The van der Waals surface area contributed by atoms with E-state index in [4.69, 9.17) is 0 Å². The van der Waals surface area contributed by atoms with Crippen molar-refractivity contribution in [1.82, 2.24) is 5.32 Å². The minimum absolute atomic E-state index is 0.0916. The molecule has 0 saturated heterocycles. The smallest absolute Gasteiger partial charge is 0.224 e. The molecule has 81 valence electrons. The van der Waals surface area contributed by atoms with Crippen LogP contribution in [-0.4, -0.2) is 11.9 Å². The van der Waals surface area contributed by atoms with Gasteiger partial charge in [-0.2, -0.15) is 0 Å². The fourth-order valence-corrected chi connectivity index (χ4v) is 1.30. The lowest BCUT2D eigenvalue weighted by molar-refractivity contribution is -0.120. The molecule has 0 spiro atoms. The first-order chi connectivity index (χ1) is 6.70. The molecule has 2 heteroatoms. The van der Waals surface area contributed by atoms with Crippen LogP contribution in [0.3, 0.4) is 0 Å². The molecule has 2 nitrogen and oxygen atoms in total. The Kier molecular flexibility index (Phi) is 8.30. The van der Waals surface area contributed by atoms with Crippen molar-refractivity contribution in [1.29, 1.82) is 0 Å². The van der Waals surface area contributed by atoms with Gasteiger partial charge in [-0.25, -0.2) is 0 Å². The predicted octanol–water partition coefficient (Wildman–Crippen LogP) is 2.85. The van der Waals surface area contributed by atoms with Crippen LogP contribution in [0.15, 0.2) is 12.2 Å². The summed E-state index contributed by atoms with van der Waals surface area (Å²) in [5.41, 5.74) is 0. The zero-order chi connectivity index (χ0) is 10.8. The van der Waals surface area contributed by atoms with Gasteiger partial charge in [0.1, 0.15) is 0 Å². The van der Waals surface area contributed by atoms with Gasteiger partial charge in [0.25, 0.3) is 0 Å². The van der Waals surface area contributed by atoms with E-state index < -0.39 is 0 Å². The van der Waals surface area contributed by atoms with Gasteiger partial charge >= 0.3 is 0 Å². The second-order valence-electron chi connectivity index (χ2n) is 3.64. The van der Waals surface area contributed by atoms with E-state index in [1.54, 1.807) is 12.2 Å². The van der Waals surface area contributed by atoms with Crippen LogP contribution in [0.4, 0.5) is 0 Å². The topological polar surface area (TPSA) is 29.1 Å². The Bertz CT molecular complexity index is 175. The number of carbonyl (C=O) groups is 1.